The normalized spacial score (nSPS) is 17.6. The summed E-state index contributed by atoms with van der Waals surface area (Å²) in [6.07, 6.45) is 1.75. The molecule has 3 heterocycles. The highest BCUT2D eigenvalue weighted by molar-refractivity contribution is 5.88. The standard InChI is InChI=1S/C20H23N5O3/c1-13-2-4-15(28-13)11-25-7-6-21-20(27)18(25)9-19(26)22-10-14-3-5-16-17(8-14)24-12-23-16/h2-5,8,12,18H,6-7,9-11H2,1H3,(H,21,27)(H,22,26)(H,23,24). The fourth-order valence-electron chi connectivity index (χ4n) is 3.48. The Morgan fingerprint density at radius 3 is 3.07 bits per heavy atom. The van der Waals surface area contributed by atoms with Crippen LogP contribution in [0.25, 0.3) is 11.0 Å². The smallest absolute Gasteiger partial charge is 0.237 e. The van der Waals surface area contributed by atoms with Gasteiger partial charge < -0.3 is 20.0 Å². The van der Waals surface area contributed by atoms with Gasteiger partial charge in [-0.15, -0.1) is 0 Å². The van der Waals surface area contributed by atoms with Gasteiger partial charge in [0, 0.05) is 19.6 Å². The maximum atomic E-state index is 12.5. The number of aryl methyl sites for hydroxylation is 1. The van der Waals surface area contributed by atoms with Crippen LogP contribution in [0, 0.1) is 6.92 Å². The summed E-state index contributed by atoms with van der Waals surface area (Å²) < 4.78 is 5.63. The predicted molar refractivity (Wildman–Crippen MR) is 103 cm³/mol. The van der Waals surface area contributed by atoms with Crippen LogP contribution in [0.3, 0.4) is 0 Å². The molecule has 0 saturated carbocycles. The number of carbonyl (C=O) groups excluding carboxylic acids is 2. The summed E-state index contributed by atoms with van der Waals surface area (Å²) in [4.78, 5) is 34.1. The van der Waals surface area contributed by atoms with Gasteiger partial charge in [0.1, 0.15) is 11.5 Å². The fourth-order valence-corrected chi connectivity index (χ4v) is 3.48. The zero-order valence-electron chi connectivity index (χ0n) is 15.7. The summed E-state index contributed by atoms with van der Waals surface area (Å²) in [7, 11) is 0. The lowest BCUT2D eigenvalue weighted by molar-refractivity contribution is -0.134. The van der Waals surface area contributed by atoms with Crippen molar-refractivity contribution in [2.75, 3.05) is 13.1 Å². The lowest BCUT2D eigenvalue weighted by Crippen LogP contribution is -2.56. The number of furan rings is 1. The molecular formula is C20H23N5O3. The van der Waals surface area contributed by atoms with E-state index in [2.05, 4.69) is 20.6 Å². The van der Waals surface area contributed by atoms with E-state index in [9.17, 15) is 9.59 Å². The van der Waals surface area contributed by atoms with Crippen molar-refractivity contribution in [3.8, 4) is 0 Å². The van der Waals surface area contributed by atoms with Crippen molar-refractivity contribution < 1.29 is 14.0 Å². The summed E-state index contributed by atoms with van der Waals surface area (Å²) in [5, 5.41) is 5.76. The zero-order chi connectivity index (χ0) is 19.5. The Hall–Kier alpha value is -3.13. The quantitative estimate of drug-likeness (QED) is 0.600. The van der Waals surface area contributed by atoms with Crippen LogP contribution in [0.5, 0.6) is 0 Å². The van der Waals surface area contributed by atoms with Crippen molar-refractivity contribution in [3.05, 3.63) is 53.7 Å². The second-order valence-electron chi connectivity index (χ2n) is 7.02. The van der Waals surface area contributed by atoms with E-state index >= 15 is 0 Å². The molecule has 0 radical (unpaired) electrons. The van der Waals surface area contributed by atoms with Gasteiger partial charge in [-0.3, -0.25) is 14.5 Å². The van der Waals surface area contributed by atoms with E-state index in [4.69, 9.17) is 4.42 Å². The van der Waals surface area contributed by atoms with Crippen molar-refractivity contribution in [2.45, 2.75) is 32.5 Å². The number of rotatable bonds is 6. The van der Waals surface area contributed by atoms with Crippen molar-refractivity contribution in [1.82, 2.24) is 25.5 Å². The Morgan fingerprint density at radius 2 is 2.25 bits per heavy atom. The summed E-state index contributed by atoms with van der Waals surface area (Å²) in [5.41, 5.74) is 2.79. The minimum absolute atomic E-state index is 0.109. The van der Waals surface area contributed by atoms with Crippen molar-refractivity contribution >= 4 is 22.8 Å². The number of hydrogen-bond acceptors (Lipinski definition) is 5. The van der Waals surface area contributed by atoms with E-state index in [0.29, 0.717) is 26.2 Å². The number of carbonyl (C=O) groups is 2. The van der Waals surface area contributed by atoms with Gasteiger partial charge in [-0.25, -0.2) is 4.98 Å². The number of hydrogen-bond donors (Lipinski definition) is 3. The number of nitrogens with one attached hydrogen (secondary N) is 3. The molecule has 146 valence electrons. The van der Waals surface area contributed by atoms with E-state index in [1.54, 1.807) is 6.33 Å². The van der Waals surface area contributed by atoms with Crippen LogP contribution in [-0.2, 0) is 22.7 Å². The summed E-state index contributed by atoms with van der Waals surface area (Å²) in [5.74, 6) is 1.35. The van der Waals surface area contributed by atoms with Gasteiger partial charge in [-0.1, -0.05) is 6.07 Å². The zero-order valence-corrected chi connectivity index (χ0v) is 15.7. The third-order valence-electron chi connectivity index (χ3n) is 4.95. The SMILES string of the molecule is Cc1ccc(CN2CCNC(=O)C2CC(=O)NCc2ccc3nc[nH]c3c2)o1. The van der Waals surface area contributed by atoms with E-state index in [0.717, 1.165) is 28.1 Å². The van der Waals surface area contributed by atoms with E-state index in [1.165, 1.54) is 0 Å². The molecule has 1 saturated heterocycles. The van der Waals surface area contributed by atoms with Gasteiger partial charge in [0.25, 0.3) is 0 Å². The molecule has 1 aliphatic rings. The molecule has 2 aromatic heterocycles. The molecule has 0 bridgehead atoms. The predicted octanol–water partition coefficient (Wildman–Crippen LogP) is 1.47. The van der Waals surface area contributed by atoms with Gasteiger partial charge in [-0.2, -0.15) is 0 Å². The second kappa shape index (κ2) is 7.85. The summed E-state index contributed by atoms with van der Waals surface area (Å²) >= 11 is 0. The minimum atomic E-state index is -0.505. The van der Waals surface area contributed by atoms with Gasteiger partial charge in [0.05, 0.1) is 36.4 Å². The first kappa shape index (κ1) is 18.2. The van der Waals surface area contributed by atoms with E-state index < -0.39 is 6.04 Å². The van der Waals surface area contributed by atoms with E-state index in [-0.39, 0.29) is 18.2 Å². The molecule has 8 heteroatoms. The second-order valence-corrected chi connectivity index (χ2v) is 7.02. The molecule has 2 amide bonds. The number of aromatic amines is 1. The fraction of sp³-hybridized carbons (Fsp3) is 0.350. The average Bonchev–Trinajstić information content (AvgIpc) is 3.31. The molecule has 1 aromatic carbocycles. The Kier molecular flexibility index (Phi) is 5.12. The van der Waals surface area contributed by atoms with Crippen LogP contribution in [0.4, 0.5) is 0 Å². The minimum Gasteiger partial charge on any atom is -0.465 e. The summed E-state index contributed by atoms with van der Waals surface area (Å²) in [6, 6.07) is 9.11. The third-order valence-corrected chi connectivity index (χ3v) is 4.95. The lowest BCUT2D eigenvalue weighted by Gasteiger charge is -2.34. The molecule has 3 N–H and O–H groups in total. The van der Waals surface area contributed by atoms with Crippen LogP contribution < -0.4 is 10.6 Å². The molecule has 8 nitrogen and oxygen atoms in total. The first-order valence-electron chi connectivity index (χ1n) is 9.34. The van der Waals surface area contributed by atoms with Crippen molar-refractivity contribution in [1.29, 1.82) is 0 Å². The highest BCUT2D eigenvalue weighted by atomic mass is 16.3. The first-order valence-corrected chi connectivity index (χ1v) is 9.34. The lowest BCUT2D eigenvalue weighted by atomic mass is 10.1. The number of imidazole rings is 1. The number of nitrogens with zero attached hydrogens (tertiary/aromatic N) is 2. The highest BCUT2D eigenvalue weighted by Gasteiger charge is 2.32. The number of fused-ring (bicyclic) bond motifs is 1. The van der Waals surface area contributed by atoms with E-state index in [1.807, 2.05) is 42.2 Å². The Bertz CT molecular complexity index is 993. The molecular weight excluding hydrogens is 358 g/mol. The maximum Gasteiger partial charge on any atom is 0.237 e. The highest BCUT2D eigenvalue weighted by Crippen LogP contribution is 2.16. The number of piperazine rings is 1. The van der Waals surface area contributed by atoms with Crippen LogP contribution in [0.15, 0.2) is 41.1 Å². The molecule has 1 aliphatic heterocycles. The van der Waals surface area contributed by atoms with Gasteiger partial charge >= 0.3 is 0 Å². The topological polar surface area (TPSA) is 103 Å². The number of aromatic nitrogens is 2. The van der Waals surface area contributed by atoms with Gasteiger partial charge in [0.15, 0.2) is 0 Å². The molecule has 28 heavy (non-hydrogen) atoms. The maximum absolute atomic E-state index is 12.5. The molecule has 4 rings (SSSR count). The largest absolute Gasteiger partial charge is 0.465 e. The van der Waals surface area contributed by atoms with Gasteiger partial charge in [-0.05, 0) is 36.8 Å². The average molecular weight is 381 g/mol. The third kappa shape index (κ3) is 4.07. The molecule has 1 fully saturated rings. The number of H-pyrrole nitrogens is 1. The molecule has 0 spiro atoms. The van der Waals surface area contributed by atoms with Crippen molar-refractivity contribution in [2.24, 2.45) is 0 Å². The van der Waals surface area contributed by atoms with Crippen LogP contribution in [0.2, 0.25) is 0 Å². The van der Waals surface area contributed by atoms with Gasteiger partial charge in [0.2, 0.25) is 11.8 Å². The van der Waals surface area contributed by atoms with Crippen LogP contribution >= 0.6 is 0 Å². The Labute approximate surface area is 162 Å². The number of amides is 2. The summed E-state index contributed by atoms with van der Waals surface area (Å²) in [6.45, 7) is 4.05. The van der Waals surface area contributed by atoms with Crippen LogP contribution in [-0.4, -0.2) is 45.8 Å². The first-order chi connectivity index (χ1) is 13.6. The van der Waals surface area contributed by atoms with Crippen LogP contribution in [0.1, 0.15) is 23.5 Å². The molecule has 0 aliphatic carbocycles. The molecule has 3 aromatic rings. The van der Waals surface area contributed by atoms with Crippen molar-refractivity contribution in [3.63, 3.8) is 0 Å². The molecule has 1 atom stereocenters. The monoisotopic (exact) mass is 381 g/mol. The number of benzene rings is 1. The Balaban J connectivity index is 1.36. The Morgan fingerprint density at radius 1 is 1.36 bits per heavy atom. The molecule has 1 unspecified atom stereocenters.